The summed E-state index contributed by atoms with van der Waals surface area (Å²) in [6, 6.07) is 0. The van der Waals surface area contributed by atoms with Gasteiger partial charge in [0, 0.05) is 0 Å². The molecule has 0 unspecified atom stereocenters. The third kappa shape index (κ3) is 10.9. The summed E-state index contributed by atoms with van der Waals surface area (Å²) in [5.74, 6) is 3.00. The van der Waals surface area contributed by atoms with Crippen molar-refractivity contribution in [3.63, 3.8) is 0 Å². The first-order valence-electron chi connectivity index (χ1n) is 3.78. The molecule has 1 rings (SSSR count). The molecule has 1 nitrogen and oxygen atoms in total. The lowest BCUT2D eigenvalue weighted by Gasteiger charge is -2.05. The van der Waals surface area contributed by atoms with Crippen molar-refractivity contribution in [3.05, 3.63) is 0 Å². The van der Waals surface area contributed by atoms with Gasteiger partial charge in [-0.3, -0.25) is 0 Å². The van der Waals surface area contributed by atoms with Crippen LogP contribution in [-0.2, 0) is 4.79 Å². The molecule has 10 heavy (non-hydrogen) atoms. The molecule has 0 aromatic rings. The van der Waals surface area contributed by atoms with Crippen molar-refractivity contribution in [2.75, 3.05) is 11.5 Å². The van der Waals surface area contributed by atoms with Gasteiger partial charge in [-0.2, -0.15) is 11.8 Å². The van der Waals surface area contributed by atoms with Crippen molar-refractivity contribution in [1.29, 1.82) is 0 Å². The number of carbonyl (C=O) groups is 1. The van der Waals surface area contributed by atoms with Crippen LogP contribution in [0.5, 0.6) is 0 Å². The summed E-state index contributed by atoms with van der Waals surface area (Å²) in [5, 5.41) is 0. The highest BCUT2D eigenvalue weighted by Gasteiger charge is 1.95. The minimum absolute atomic E-state index is 0.167. The molecular formula is C8H16OS. The van der Waals surface area contributed by atoms with Crippen LogP contribution in [0.3, 0.4) is 0 Å². The summed E-state index contributed by atoms with van der Waals surface area (Å²) in [4.78, 5) is 9.44. The molecule has 0 N–H and O–H groups in total. The molecule has 0 radical (unpaired) electrons. The summed E-state index contributed by atoms with van der Waals surface area (Å²) < 4.78 is 0. The first-order chi connectivity index (χ1) is 4.73. The lowest BCUT2D eigenvalue weighted by atomic mass is 10.3. The van der Waals surface area contributed by atoms with E-state index in [1.54, 1.807) is 0 Å². The van der Waals surface area contributed by atoms with Gasteiger partial charge in [-0.15, -0.1) is 0 Å². The van der Waals surface area contributed by atoms with E-state index in [1.807, 2.05) is 0 Å². The quantitative estimate of drug-likeness (QED) is 0.541. The molecule has 0 aromatic heterocycles. The number of thioether (sulfide) groups is 1. The van der Waals surface area contributed by atoms with E-state index in [-0.39, 0.29) is 5.78 Å². The predicted molar refractivity (Wildman–Crippen MR) is 47.5 cm³/mol. The fourth-order valence-corrected chi connectivity index (χ4v) is 1.71. The van der Waals surface area contributed by atoms with Crippen molar-refractivity contribution >= 4 is 17.5 Å². The Labute approximate surface area is 67.6 Å². The topological polar surface area (TPSA) is 17.1 Å². The van der Waals surface area contributed by atoms with E-state index in [4.69, 9.17) is 0 Å². The smallest absolute Gasteiger partial charge is 0.126 e. The maximum absolute atomic E-state index is 9.44. The Morgan fingerprint density at radius 3 is 1.60 bits per heavy atom. The summed E-state index contributed by atoms with van der Waals surface area (Å²) in [5.41, 5.74) is 0. The minimum atomic E-state index is 0.167. The Balaban J connectivity index is 0.000000180. The number of carbonyl (C=O) groups excluding carboxylic acids is 1. The highest BCUT2D eigenvalue weighted by molar-refractivity contribution is 7.99. The molecule has 0 aliphatic carbocycles. The van der Waals surface area contributed by atoms with Gasteiger partial charge in [-0.05, 0) is 38.2 Å². The highest BCUT2D eigenvalue weighted by atomic mass is 32.2. The average Bonchev–Trinajstić information content (AvgIpc) is 1.90. The van der Waals surface area contributed by atoms with Crippen molar-refractivity contribution in [2.45, 2.75) is 33.1 Å². The number of rotatable bonds is 0. The second-order valence-electron chi connectivity index (χ2n) is 2.58. The third-order valence-corrected chi connectivity index (χ3v) is 2.23. The van der Waals surface area contributed by atoms with E-state index >= 15 is 0 Å². The van der Waals surface area contributed by atoms with Gasteiger partial charge < -0.3 is 4.79 Å². The monoisotopic (exact) mass is 160 g/mol. The van der Waals surface area contributed by atoms with Crippen LogP contribution in [-0.4, -0.2) is 17.3 Å². The van der Waals surface area contributed by atoms with Crippen LogP contribution in [0.4, 0.5) is 0 Å². The zero-order valence-corrected chi connectivity index (χ0v) is 7.67. The van der Waals surface area contributed by atoms with E-state index in [9.17, 15) is 4.79 Å². The van der Waals surface area contributed by atoms with E-state index in [2.05, 4.69) is 11.8 Å². The Kier molecular flexibility index (Phi) is 7.15. The van der Waals surface area contributed by atoms with E-state index in [1.165, 1.54) is 44.6 Å². The number of hydrogen-bond donors (Lipinski definition) is 0. The maximum atomic E-state index is 9.44. The molecule has 60 valence electrons. The Morgan fingerprint density at radius 2 is 1.50 bits per heavy atom. The minimum Gasteiger partial charge on any atom is -0.300 e. The molecule has 0 saturated carbocycles. The van der Waals surface area contributed by atoms with Gasteiger partial charge in [0.1, 0.15) is 5.78 Å². The Hall–Kier alpha value is 0.0200. The van der Waals surface area contributed by atoms with E-state index < -0.39 is 0 Å². The number of hydrogen-bond acceptors (Lipinski definition) is 2. The fourth-order valence-electron chi connectivity index (χ4n) is 0.687. The summed E-state index contributed by atoms with van der Waals surface area (Å²) in [6.45, 7) is 3.06. The molecule has 1 aliphatic rings. The van der Waals surface area contributed by atoms with Crippen LogP contribution in [0.15, 0.2) is 0 Å². The largest absolute Gasteiger partial charge is 0.300 e. The van der Waals surface area contributed by atoms with Gasteiger partial charge in [-0.25, -0.2) is 0 Å². The van der Waals surface area contributed by atoms with Gasteiger partial charge in [0.25, 0.3) is 0 Å². The molecular weight excluding hydrogens is 144 g/mol. The van der Waals surface area contributed by atoms with Crippen LogP contribution >= 0.6 is 11.8 Å². The van der Waals surface area contributed by atoms with Crippen LogP contribution in [0.1, 0.15) is 33.1 Å². The van der Waals surface area contributed by atoms with Crippen LogP contribution in [0, 0.1) is 0 Å². The molecule has 1 heterocycles. The molecule has 1 aliphatic heterocycles. The molecule has 1 saturated heterocycles. The fraction of sp³-hybridized carbons (Fsp3) is 0.875. The van der Waals surface area contributed by atoms with Crippen molar-refractivity contribution in [1.82, 2.24) is 0 Å². The SMILES string of the molecule is C1CCSCC1.CC(C)=O. The summed E-state index contributed by atoms with van der Waals surface area (Å²) >= 11 is 2.09. The normalized spacial score (nSPS) is 17.0. The molecule has 0 aromatic carbocycles. The molecule has 0 atom stereocenters. The van der Waals surface area contributed by atoms with E-state index in [0.29, 0.717) is 0 Å². The molecule has 0 amide bonds. The molecule has 2 heteroatoms. The standard InChI is InChI=1S/C5H10S.C3H6O/c1-2-4-6-5-3-1;1-3(2)4/h1-5H2;1-2H3. The molecule has 0 spiro atoms. The average molecular weight is 160 g/mol. The van der Waals surface area contributed by atoms with Crippen LogP contribution < -0.4 is 0 Å². The van der Waals surface area contributed by atoms with Crippen LogP contribution in [0.25, 0.3) is 0 Å². The lowest BCUT2D eigenvalue weighted by Crippen LogP contribution is -1.91. The molecule has 0 bridgehead atoms. The van der Waals surface area contributed by atoms with Gasteiger partial charge in [0.2, 0.25) is 0 Å². The zero-order valence-electron chi connectivity index (χ0n) is 6.85. The van der Waals surface area contributed by atoms with Gasteiger partial charge in [0.15, 0.2) is 0 Å². The zero-order chi connectivity index (χ0) is 7.82. The van der Waals surface area contributed by atoms with Crippen molar-refractivity contribution in [2.24, 2.45) is 0 Å². The summed E-state index contributed by atoms with van der Waals surface area (Å²) in [6.07, 6.45) is 4.41. The second kappa shape index (κ2) is 7.13. The van der Waals surface area contributed by atoms with Gasteiger partial charge in [-0.1, -0.05) is 6.42 Å². The lowest BCUT2D eigenvalue weighted by molar-refractivity contribution is -0.114. The second-order valence-corrected chi connectivity index (χ2v) is 3.81. The van der Waals surface area contributed by atoms with Crippen molar-refractivity contribution in [3.8, 4) is 0 Å². The third-order valence-electron chi connectivity index (χ3n) is 1.08. The summed E-state index contributed by atoms with van der Waals surface area (Å²) in [7, 11) is 0. The first-order valence-corrected chi connectivity index (χ1v) is 4.94. The van der Waals surface area contributed by atoms with Crippen molar-refractivity contribution < 1.29 is 4.79 Å². The Morgan fingerprint density at radius 1 is 1.10 bits per heavy atom. The Bertz CT molecular complexity index is 71.7. The highest BCUT2D eigenvalue weighted by Crippen LogP contribution is 2.14. The predicted octanol–water partition coefficient (Wildman–Crippen LogP) is 2.50. The van der Waals surface area contributed by atoms with Gasteiger partial charge >= 0.3 is 0 Å². The van der Waals surface area contributed by atoms with Gasteiger partial charge in [0.05, 0.1) is 0 Å². The van der Waals surface area contributed by atoms with Crippen LogP contribution in [0.2, 0.25) is 0 Å². The number of Topliss-reactive ketones (excluding diaryl/α,β-unsaturated/α-hetero) is 1. The van der Waals surface area contributed by atoms with E-state index in [0.717, 1.165) is 0 Å². The number of ketones is 1. The maximum Gasteiger partial charge on any atom is 0.126 e. The first kappa shape index (κ1) is 10.0. The molecule has 1 fully saturated rings.